The normalized spacial score (nSPS) is 17.6. The summed E-state index contributed by atoms with van der Waals surface area (Å²) in [5.41, 5.74) is 1.85. The maximum Gasteiger partial charge on any atom is 0.237 e. The molecule has 0 aromatic carbocycles. The number of hydrogen-bond donors (Lipinski definition) is 0. The quantitative estimate of drug-likeness (QED) is 0.740. The van der Waals surface area contributed by atoms with Crippen LogP contribution in [0.25, 0.3) is 16.7 Å². The minimum absolute atomic E-state index is 0.00496. The second-order valence-corrected chi connectivity index (χ2v) is 5.34. The highest BCUT2D eigenvalue weighted by molar-refractivity contribution is 8.04. The summed E-state index contributed by atoms with van der Waals surface area (Å²) in [5, 5.41) is 10.1. The van der Waals surface area contributed by atoms with Crippen molar-refractivity contribution in [1.82, 2.24) is 19.4 Å². The highest BCUT2D eigenvalue weighted by Gasteiger charge is 2.28. The van der Waals surface area contributed by atoms with Crippen LogP contribution in [0.3, 0.4) is 0 Å². The van der Waals surface area contributed by atoms with Crippen molar-refractivity contribution in [1.29, 1.82) is 5.26 Å². The smallest absolute Gasteiger partial charge is 0.237 e. The number of carbonyl (C=O) groups excluding carboxylic acids is 1. The van der Waals surface area contributed by atoms with Crippen LogP contribution >= 0.6 is 11.8 Å². The standard InChI is InChI=1S/C13H11N5OS/c1-17-9-4-3-5-15-11(9)16-12(17)8(6-14)13-18(2)10(19)7-20-13/h3-5H,7H2,1-2H3/b13-8+. The Morgan fingerprint density at radius 2 is 2.30 bits per heavy atom. The molecule has 3 rings (SSSR count). The van der Waals surface area contributed by atoms with Crippen LogP contribution in [-0.4, -0.2) is 38.1 Å². The summed E-state index contributed by atoms with van der Waals surface area (Å²) >= 11 is 1.36. The highest BCUT2D eigenvalue weighted by Crippen LogP contribution is 2.34. The zero-order valence-electron chi connectivity index (χ0n) is 11.0. The number of aromatic nitrogens is 3. The number of imidazole rings is 1. The molecule has 1 aliphatic rings. The number of fused-ring (bicyclic) bond motifs is 1. The van der Waals surface area contributed by atoms with Gasteiger partial charge in [0.05, 0.1) is 16.3 Å². The highest BCUT2D eigenvalue weighted by atomic mass is 32.2. The largest absolute Gasteiger partial charge is 0.325 e. The molecule has 7 heteroatoms. The summed E-state index contributed by atoms with van der Waals surface area (Å²) in [6, 6.07) is 5.89. The Hall–Kier alpha value is -2.33. The van der Waals surface area contributed by atoms with Gasteiger partial charge in [-0.1, -0.05) is 11.8 Å². The molecule has 0 saturated carbocycles. The van der Waals surface area contributed by atoms with Crippen LogP contribution in [0, 0.1) is 11.3 Å². The van der Waals surface area contributed by atoms with E-state index in [2.05, 4.69) is 16.0 Å². The van der Waals surface area contributed by atoms with Gasteiger partial charge in [-0.15, -0.1) is 0 Å². The zero-order chi connectivity index (χ0) is 14.3. The first-order valence-electron chi connectivity index (χ1n) is 5.95. The lowest BCUT2D eigenvalue weighted by atomic mass is 10.3. The van der Waals surface area contributed by atoms with Gasteiger partial charge in [-0.2, -0.15) is 5.26 Å². The molecule has 2 aromatic heterocycles. The molecule has 1 amide bonds. The molecule has 0 bridgehead atoms. The Kier molecular flexibility index (Phi) is 2.95. The van der Waals surface area contributed by atoms with Gasteiger partial charge >= 0.3 is 0 Å². The second-order valence-electron chi connectivity index (χ2n) is 4.37. The third-order valence-electron chi connectivity index (χ3n) is 3.22. The van der Waals surface area contributed by atoms with Crippen molar-refractivity contribution in [3.63, 3.8) is 0 Å². The number of allylic oxidation sites excluding steroid dienone is 1. The Balaban J connectivity index is 2.23. The monoisotopic (exact) mass is 285 g/mol. The van der Waals surface area contributed by atoms with Gasteiger partial charge in [-0.25, -0.2) is 9.97 Å². The van der Waals surface area contributed by atoms with Crippen molar-refractivity contribution >= 4 is 34.4 Å². The Morgan fingerprint density at radius 3 is 2.90 bits per heavy atom. The van der Waals surface area contributed by atoms with Gasteiger partial charge in [0.1, 0.15) is 11.6 Å². The Labute approximate surface area is 119 Å². The summed E-state index contributed by atoms with van der Waals surface area (Å²) in [6.07, 6.45) is 1.66. The predicted molar refractivity (Wildman–Crippen MR) is 76.3 cm³/mol. The molecule has 0 unspecified atom stereocenters. The van der Waals surface area contributed by atoms with Crippen LogP contribution in [0.5, 0.6) is 0 Å². The van der Waals surface area contributed by atoms with Crippen molar-refractivity contribution in [2.24, 2.45) is 7.05 Å². The van der Waals surface area contributed by atoms with Crippen molar-refractivity contribution < 1.29 is 4.79 Å². The number of aryl methyl sites for hydroxylation is 1. The number of amides is 1. The first-order valence-corrected chi connectivity index (χ1v) is 6.93. The number of hydrogen-bond acceptors (Lipinski definition) is 5. The van der Waals surface area contributed by atoms with Gasteiger partial charge in [-0.05, 0) is 12.1 Å². The zero-order valence-corrected chi connectivity index (χ0v) is 11.8. The number of rotatable bonds is 1. The van der Waals surface area contributed by atoms with E-state index in [9.17, 15) is 10.1 Å². The molecule has 3 heterocycles. The van der Waals surface area contributed by atoms with Crippen molar-refractivity contribution in [3.05, 3.63) is 29.2 Å². The summed E-state index contributed by atoms with van der Waals surface area (Å²) in [5.74, 6) is 0.888. The number of carbonyl (C=O) groups is 1. The molecule has 0 N–H and O–H groups in total. The third-order valence-corrected chi connectivity index (χ3v) is 4.36. The number of nitriles is 1. The van der Waals surface area contributed by atoms with Gasteiger partial charge in [0, 0.05) is 20.3 Å². The summed E-state index contributed by atoms with van der Waals surface area (Å²) in [6.45, 7) is 0. The van der Waals surface area contributed by atoms with E-state index in [1.165, 1.54) is 16.7 Å². The van der Waals surface area contributed by atoms with E-state index in [0.29, 0.717) is 27.8 Å². The molecule has 1 fully saturated rings. The molecule has 0 spiro atoms. The van der Waals surface area contributed by atoms with Crippen LogP contribution in [0.4, 0.5) is 0 Å². The third kappa shape index (κ3) is 1.77. The minimum Gasteiger partial charge on any atom is -0.325 e. The molecule has 0 radical (unpaired) electrons. The lowest BCUT2D eigenvalue weighted by Crippen LogP contribution is -2.19. The molecule has 0 atom stereocenters. The lowest BCUT2D eigenvalue weighted by Gasteiger charge is -2.11. The van der Waals surface area contributed by atoms with Crippen molar-refractivity contribution in [3.8, 4) is 6.07 Å². The van der Waals surface area contributed by atoms with Gasteiger partial charge in [-0.3, -0.25) is 4.79 Å². The average molecular weight is 285 g/mol. The van der Waals surface area contributed by atoms with E-state index in [1.807, 2.05) is 23.7 Å². The minimum atomic E-state index is -0.00496. The molecule has 1 aliphatic heterocycles. The number of thioether (sulfide) groups is 1. The molecule has 1 saturated heterocycles. The maximum atomic E-state index is 11.6. The number of nitrogens with zero attached hydrogens (tertiary/aromatic N) is 5. The van der Waals surface area contributed by atoms with Crippen LogP contribution < -0.4 is 0 Å². The molecule has 6 nitrogen and oxygen atoms in total. The average Bonchev–Trinajstić information content (AvgIpc) is 2.96. The first-order chi connectivity index (χ1) is 9.63. The van der Waals surface area contributed by atoms with E-state index in [0.717, 1.165) is 5.52 Å². The van der Waals surface area contributed by atoms with Gasteiger partial charge in [0.2, 0.25) is 5.91 Å². The SMILES string of the molecule is CN1C(=O)CS/C1=C(\C#N)c1nc2ncccc2n1C. The van der Waals surface area contributed by atoms with Gasteiger partial charge in [0.15, 0.2) is 11.5 Å². The molecular weight excluding hydrogens is 274 g/mol. The fraction of sp³-hybridized carbons (Fsp3) is 0.231. The first kappa shape index (κ1) is 12.7. The summed E-state index contributed by atoms with van der Waals surface area (Å²) in [4.78, 5) is 21.7. The fourth-order valence-electron chi connectivity index (χ4n) is 2.12. The van der Waals surface area contributed by atoms with Crippen LogP contribution in [-0.2, 0) is 11.8 Å². The van der Waals surface area contributed by atoms with E-state index in [1.54, 1.807) is 13.2 Å². The molecular formula is C13H11N5OS. The van der Waals surface area contributed by atoms with Crippen LogP contribution in [0.15, 0.2) is 23.4 Å². The summed E-state index contributed by atoms with van der Waals surface area (Å²) in [7, 11) is 3.52. The number of pyridine rings is 1. The van der Waals surface area contributed by atoms with Crippen molar-refractivity contribution in [2.75, 3.05) is 12.8 Å². The van der Waals surface area contributed by atoms with Crippen LogP contribution in [0.2, 0.25) is 0 Å². The Bertz CT molecular complexity index is 786. The van der Waals surface area contributed by atoms with Gasteiger partial charge in [0.25, 0.3) is 0 Å². The van der Waals surface area contributed by atoms with Crippen molar-refractivity contribution in [2.45, 2.75) is 0 Å². The molecule has 2 aromatic rings. The topological polar surface area (TPSA) is 74.8 Å². The predicted octanol–water partition coefficient (Wildman–Crippen LogP) is 1.37. The lowest BCUT2D eigenvalue weighted by molar-refractivity contribution is -0.124. The van der Waals surface area contributed by atoms with Crippen LogP contribution in [0.1, 0.15) is 5.82 Å². The maximum absolute atomic E-state index is 11.6. The second kappa shape index (κ2) is 4.65. The summed E-state index contributed by atoms with van der Waals surface area (Å²) < 4.78 is 1.82. The fourth-order valence-corrected chi connectivity index (χ4v) is 3.15. The molecule has 0 aliphatic carbocycles. The molecule has 100 valence electrons. The van der Waals surface area contributed by atoms with E-state index in [4.69, 9.17) is 0 Å². The van der Waals surface area contributed by atoms with Gasteiger partial charge < -0.3 is 9.47 Å². The van der Waals surface area contributed by atoms with E-state index >= 15 is 0 Å². The van der Waals surface area contributed by atoms with E-state index in [-0.39, 0.29) is 5.91 Å². The van der Waals surface area contributed by atoms with E-state index < -0.39 is 0 Å². The Morgan fingerprint density at radius 1 is 1.50 bits per heavy atom. The molecule has 20 heavy (non-hydrogen) atoms.